The number of carbonyl (C=O) groups is 1. The van der Waals surface area contributed by atoms with Crippen molar-refractivity contribution in [1.82, 2.24) is 5.48 Å². The second-order valence-corrected chi connectivity index (χ2v) is 4.35. The van der Waals surface area contributed by atoms with Crippen molar-refractivity contribution in [1.29, 1.82) is 0 Å². The summed E-state index contributed by atoms with van der Waals surface area (Å²) in [6, 6.07) is 3.98. The lowest BCUT2D eigenvalue weighted by atomic mass is 10.2. The van der Waals surface area contributed by atoms with Crippen LogP contribution in [0.3, 0.4) is 0 Å². The number of hydroxylamine groups is 1. The van der Waals surface area contributed by atoms with Gasteiger partial charge in [-0.15, -0.1) is 0 Å². The zero-order valence-electron chi connectivity index (χ0n) is 9.66. The number of aryl methyl sites for hydroxylation is 1. The first-order valence-corrected chi connectivity index (χ1v) is 5.61. The van der Waals surface area contributed by atoms with Crippen LogP contribution in [-0.2, 0) is 16.1 Å². The minimum Gasteiger partial charge on any atom is -0.466 e. The lowest BCUT2D eigenvalue weighted by Crippen LogP contribution is -2.21. The van der Waals surface area contributed by atoms with Crippen LogP contribution in [0.2, 0.25) is 0 Å². The SMILES string of the molecule is CONC(=O)CCc1ccc([C@@H]2C[C@@H]2C)o1. The molecule has 4 heteroatoms. The molecule has 2 atom stereocenters. The van der Waals surface area contributed by atoms with Crippen LogP contribution in [0, 0.1) is 5.92 Å². The first kappa shape index (κ1) is 11.2. The molecule has 1 N–H and O–H groups in total. The molecule has 4 nitrogen and oxygen atoms in total. The third-order valence-corrected chi connectivity index (χ3v) is 2.97. The predicted octanol–water partition coefficient (Wildman–Crippen LogP) is 2.01. The van der Waals surface area contributed by atoms with E-state index < -0.39 is 0 Å². The highest BCUT2D eigenvalue weighted by atomic mass is 16.6. The highest BCUT2D eigenvalue weighted by Gasteiger charge is 2.36. The van der Waals surface area contributed by atoms with Crippen molar-refractivity contribution in [2.75, 3.05) is 7.11 Å². The Bertz CT molecular complexity index is 372. The van der Waals surface area contributed by atoms with E-state index in [1.807, 2.05) is 12.1 Å². The molecule has 16 heavy (non-hydrogen) atoms. The van der Waals surface area contributed by atoms with Gasteiger partial charge in [-0.3, -0.25) is 9.63 Å². The molecule has 1 amide bonds. The van der Waals surface area contributed by atoms with E-state index in [0.717, 1.165) is 17.4 Å². The Hall–Kier alpha value is -1.29. The van der Waals surface area contributed by atoms with Gasteiger partial charge in [-0.05, 0) is 24.5 Å². The fraction of sp³-hybridized carbons (Fsp3) is 0.583. The molecule has 1 saturated carbocycles. The molecule has 1 heterocycles. The maximum absolute atomic E-state index is 11.1. The molecule has 0 saturated heterocycles. The van der Waals surface area contributed by atoms with Crippen LogP contribution < -0.4 is 5.48 Å². The van der Waals surface area contributed by atoms with Gasteiger partial charge in [0.2, 0.25) is 5.91 Å². The summed E-state index contributed by atoms with van der Waals surface area (Å²) in [4.78, 5) is 15.7. The summed E-state index contributed by atoms with van der Waals surface area (Å²) in [5, 5.41) is 0. The van der Waals surface area contributed by atoms with Gasteiger partial charge in [-0.25, -0.2) is 5.48 Å². The summed E-state index contributed by atoms with van der Waals surface area (Å²) >= 11 is 0. The molecule has 1 aromatic heterocycles. The molecule has 0 bridgehead atoms. The summed E-state index contributed by atoms with van der Waals surface area (Å²) in [5.74, 6) is 3.16. The minimum absolute atomic E-state index is 0.125. The Kier molecular flexibility index (Phi) is 3.29. The van der Waals surface area contributed by atoms with Crippen LogP contribution in [0.5, 0.6) is 0 Å². The number of carbonyl (C=O) groups excluding carboxylic acids is 1. The zero-order chi connectivity index (χ0) is 11.5. The van der Waals surface area contributed by atoms with E-state index in [2.05, 4.69) is 17.2 Å². The van der Waals surface area contributed by atoms with E-state index in [1.54, 1.807) is 0 Å². The van der Waals surface area contributed by atoms with Crippen LogP contribution in [0.15, 0.2) is 16.5 Å². The van der Waals surface area contributed by atoms with Crippen LogP contribution in [-0.4, -0.2) is 13.0 Å². The van der Waals surface area contributed by atoms with Gasteiger partial charge in [0, 0.05) is 18.8 Å². The molecular weight excluding hydrogens is 206 g/mol. The lowest BCUT2D eigenvalue weighted by molar-refractivity contribution is -0.131. The number of nitrogens with one attached hydrogen (secondary N) is 1. The van der Waals surface area contributed by atoms with Crippen molar-refractivity contribution >= 4 is 5.91 Å². The van der Waals surface area contributed by atoms with Crippen molar-refractivity contribution < 1.29 is 14.0 Å². The summed E-state index contributed by atoms with van der Waals surface area (Å²) in [6.45, 7) is 2.22. The Balaban J connectivity index is 1.81. The number of hydrogen-bond acceptors (Lipinski definition) is 3. The van der Waals surface area contributed by atoms with Gasteiger partial charge < -0.3 is 4.42 Å². The quantitative estimate of drug-likeness (QED) is 0.777. The summed E-state index contributed by atoms with van der Waals surface area (Å²) in [6.07, 6.45) is 2.23. The third-order valence-electron chi connectivity index (χ3n) is 2.97. The Labute approximate surface area is 94.9 Å². The maximum atomic E-state index is 11.1. The topological polar surface area (TPSA) is 51.5 Å². The van der Waals surface area contributed by atoms with Gasteiger partial charge in [0.1, 0.15) is 11.5 Å². The third kappa shape index (κ3) is 2.64. The fourth-order valence-electron chi connectivity index (χ4n) is 1.85. The Morgan fingerprint density at radius 1 is 1.62 bits per heavy atom. The highest BCUT2D eigenvalue weighted by molar-refractivity contribution is 5.74. The largest absolute Gasteiger partial charge is 0.466 e. The summed E-state index contributed by atoms with van der Waals surface area (Å²) in [5.41, 5.74) is 2.28. The molecule has 0 spiro atoms. The van der Waals surface area contributed by atoms with E-state index >= 15 is 0 Å². The second kappa shape index (κ2) is 4.70. The predicted molar refractivity (Wildman–Crippen MR) is 58.7 cm³/mol. The number of amides is 1. The molecule has 88 valence electrons. The average molecular weight is 223 g/mol. The molecule has 1 aliphatic rings. The number of furan rings is 1. The maximum Gasteiger partial charge on any atom is 0.243 e. The Morgan fingerprint density at radius 3 is 3.00 bits per heavy atom. The fourth-order valence-corrected chi connectivity index (χ4v) is 1.85. The molecule has 1 aliphatic carbocycles. The van der Waals surface area contributed by atoms with Gasteiger partial charge >= 0.3 is 0 Å². The smallest absolute Gasteiger partial charge is 0.243 e. The van der Waals surface area contributed by atoms with Crippen molar-refractivity contribution in [3.63, 3.8) is 0 Å². The van der Waals surface area contributed by atoms with Crippen molar-refractivity contribution in [2.24, 2.45) is 5.92 Å². The average Bonchev–Trinajstić information content (AvgIpc) is 2.80. The van der Waals surface area contributed by atoms with Gasteiger partial charge in [0.15, 0.2) is 0 Å². The summed E-state index contributed by atoms with van der Waals surface area (Å²) in [7, 11) is 1.43. The first-order chi connectivity index (χ1) is 7.70. The van der Waals surface area contributed by atoms with E-state index in [0.29, 0.717) is 18.8 Å². The van der Waals surface area contributed by atoms with E-state index in [1.165, 1.54) is 13.5 Å². The normalized spacial score (nSPS) is 23.1. The molecular formula is C12H17NO3. The second-order valence-electron chi connectivity index (χ2n) is 4.35. The molecule has 0 aromatic carbocycles. The number of rotatable bonds is 5. The van der Waals surface area contributed by atoms with Gasteiger partial charge in [0.25, 0.3) is 0 Å². The highest BCUT2D eigenvalue weighted by Crippen LogP contribution is 2.47. The van der Waals surface area contributed by atoms with Crippen LogP contribution in [0.4, 0.5) is 0 Å². The lowest BCUT2D eigenvalue weighted by Gasteiger charge is -1.99. The molecule has 0 radical (unpaired) electrons. The van der Waals surface area contributed by atoms with E-state index in [-0.39, 0.29) is 5.91 Å². The monoisotopic (exact) mass is 223 g/mol. The first-order valence-electron chi connectivity index (χ1n) is 5.61. The van der Waals surface area contributed by atoms with Crippen LogP contribution in [0.25, 0.3) is 0 Å². The van der Waals surface area contributed by atoms with Crippen molar-refractivity contribution in [3.8, 4) is 0 Å². The van der Waals surface area contributed by atoms with Crippen molar-refractivity contribution in [3.05, 3.63) is 23.7 Å². The molecule has 2 rings (SSSR count). The molecule has 1 fully saturated rings. The van der Waals surface area contributed by atoms with Crippen LogP contribution in [0.1, 0.15) is 37.2 Å². The van der Waals surface area contributed by atoms with Crippen molar-refractivity contribution in [2.45, 2.75) is 32.1 Å². The van der Waals surface area contributed by atoms with Gasteiger partial charge in [-0.2, -0.15) is 0 Å². The standard InChI is InChI=1S/C12H17NO3/c1-8-7-10(8)11-5-3-9(16-11)4-6-12(14)13-15-2/h3,5,8,10H,4,6-7H2,1-2H3,(H,13,14)/t8-,10+/m0/s1. The Morgan fingerprint density at radius 2 is 2.38 bits per heavy atom. The molecule has 0 unspecified atom stereocenters. The zero-order valence-corrected chi connectivity index (χ0v) is 9.66. The number of hydrogen-bond donors (Lipinski definition) is 1. The van der Waals surface area contributed by atoms with Crippen LogP contribution >= 0.6 is 0 Å². The van der Waals surface area contributed by atoms with Gasteiger partial charge in [0.05, 0.1) is 7.11 Å². The van der Waals surface area contributed by atoms with E-state index in [9.17, 15) is 4.79 Å². The van der Waals surface area contributed by atoms with E-state index in [4.69, 9.17) is 4.42 Å². The molecule has 0 aliphatic heterocycles. The molecule has 1 aromatic rings. The summed E-state index contributed by atoms with van der Waals surface area (Å²) < 4.78 is 5.69. The van der Waals surface area contributed by atoms with Gasteiger partial charge in [-0.1, -0.05) is 6.92 Å². The minimum atomic E-state index is -0.125.